The van der Waals surface area contributed by atoms with Crippen molar-refractivity contribution in [3.8, 4) is 0 Å². The number of benzene rings is 1. The maximum Gasteiger partial charge on any atom is 0.00675 e. The first-order valence-electron chi connectivity index (χ1n) is 6.32. The van der Waals surface area contributed by atoms with Crippen LogP contribution in [0.2, 0.25) is 13.1 Å². The molecule has 0 saturated carbocycles. The summed E-state index contributed by atoms with van der Waals surface area (Å²) in [6.07, 6.45) is 9.34. The molecule has 4 rings (SSSR count). The smallest absolute Gasteiger partial charge is 0.00675 e. The minimum atomic E-state index is -1.11. The van der Waals surface area contributed by atoms with Gasteiger partial charge in [0.05, 0.1) is 0 Å². The average molecular weight is 327 g/mol. The molecular weight excluding hydrogens is 311 g/mol. The third-order valence-corrected chi connectivity index (χ3v) is 7.64. The Labute approximate surface area is 129 Å². The number of hydrogen-bond acceptors (Lipinski definition) is 0. The second kappa shape index (κ2) is 4.02. The molecule has 1 saturated heterocycles. The van der Waals surface area contributed by atoms with E-state index in [0.717, 1.165) is 6.42 Å². The Morgan fingerprint density at radius 3 is 2.72 bits per heavy atom. The van der Waals surface area contributed by atoms with Crippen LogP contribution in [0, 0.1) is 6.08 Å². The molecule has 0 nitrogen and oxygen atoms in total. The van der Waals surface area contributed by atoms with E-state index in [1.54, 1.807) is 16.0 Å². The van der Waals surface area contributed by atoms with Crippen LogP contribution in [0.5, 0.6) is 0 Å². The minimum absolute atomic E-state index is 0. The molecule has 1 atom stereocenters. The van der Waals surface area contributed by atoms with Crippen LogP contribution < -0.4 is 0 Å². The Morgan fingerprint density at radius 2 is 2.00 bits per heavy atom. The van der Waals surface area contributed by atoms with Crippen LogP contribution >= 0.6 is 0 Å². The molecule has 0 bridgehead atoms. The molecule has 88 valence electrons. The van der Waals surface area contributed by atoms with E-state index < -0.39 is 8.07 Å². The normalized spacial score (nSPS) is 25.4. The average Bonchev–Trinajstić information content (AvgIpc) is 2.78. The molecule has 1 fully saturated rings. The molecule has 2 aliphatic carbocycles. The van der Waals surface area contributed by atoms with Crippen molar-refractivity contribution in [2.24, 2.45) is 0 Å². The molecule has 1 aromatic rings. The standard InChI is InChI=1S/C16H15Si.Zr/c1-17(2)15-10-9-14(16(15)17)13-8-7-11-5-3-4-6-12(11)13;/h3-8,13H,9H2,1-2H3;/q-1;. The topological polar surface area (TPSA) is 0 Å². The third-order valence-electron chi connectivity index (χ3n) is 4.39. The van der Waals surface area contributed by atoms with Crippen LogP contribution in [0.15, 0.2) is 46.3 Å². The van der Waals surface area contributed by atoms with E-state index in [9.17, 15) is 0 Å². The zero-order chi connectivity index (χ0) is 11.6. The largest absolute Gasteiger partial charge is 0.274 e. The molecule has 1 unspecified atom stereocenters. The van der Waals surface area contributed by atoms with Crippen molar-refractivity contribution in [2.45, 2.75) is 25.4 Å². The number of fused-ring (bicyclic) bond motifs is 2. The second-order valence-electron chi connectivity index (χ2n) is 5.72. The summed E-state index contributed by atoms with van der Waals surface area (Å²) in [5.74, 6) is 0.542. The molecular formula is C16H15SiZr-. The maximum atomic E-state index is 3.61. The molecule has 0 N–H and O–H groups in total. The van der Waals surface area contributed by atoms with E-state index in [4.69, 9.17) is 0 Å². The Hall–Kier alpha value is -0.460. The molecule has 3 aliphatic rings. The van der Waals surface area contributed by atoms with Crippen molar-refractivity contribution in [2.75, 3.05) is 0 Å². The maximum absolute atomic E-state index is 3.61. The van der Waals surface area contributed by atoms with E-state index in [0.29, 0.717) is 5.92 Å². The van der Waals surface area contributed by atoms with Crippen molar-refractivity contribution in [3.05, 3.63) is 63.5 Å². The Kier molecular flexibility index (Phi) is 2.80. The van der Waals surface area contributed by atoms with Crippen molar-refractivity contribution < 1.29 is 26.2 Å². The van der Waals surface area contributed by atoms with Gasteiger partial charge in [-0.3, -0.25) is 6.08 Å². The fourth-order valence-corrected chi connectivity index (χ4v) is 6.94. The summed E-state index contributed by atoms with van der Waals surface area (Å²) in [4.78, 5) is 0. The SMILES string of the molecule is C[Si]1(C)C2=[C-]CC(C3C=Cc4ccccc43)=C21.[Zr]. The number of hydrogen-bond donors (Lipinski definition) is 0. The molecule has 0 spiro atoms. The third kappa shape index (κ3) is 1.52. The summed E-state index contributed by atoms with van der Waals surface area (Å²) in [6.45, 7) is 4.91. The molecule has 2 heteroatoms. The molecule has 1 aromatic carbocycles. The summed E-state index contributed by atoms with van der Waals surface area (Å²) in [5, 5.41) is 3.34. The second-order valence-corrected chi connectivity index (χ2v) is 9.97. The molecule has 1 aliphatic heterocycles. The Morgan fingerprint density at radius 1 is 1.22 bits per heavy atom. The monoisotopic (exact) mass is 325 g/mol. The molecule has 0 amide bonds. The van der Waals surface area contributed by atoms with Crippen molar-refractivity contribution in [1.82, 2.24) is 0 Å². The van der Waals surface area contributed by atoms with Crippen molar-refractivity contribution >= 4 is 14.1 Å². The summed E-state index contributed by atoms with van der Waals surface area (Å²) in [6, 6.07) is 8.79. The van der Waals surface area contributed by atoms with Gasteiger partial charge < -0.3 is 0 Å². The van der Waals surface area contributed by atoms with E-state index >= 15 is 0 Å². The summed E-state index contributed by atoms with van der Waals surface area (Å²) < 4.78 is 0. The summed E-state index contributed by atoms with van der Waals surface area (Å²) in [5.41, 5.74) is 4.55. The van der Waals surface area contributed by atoms with Crippen LogP contribution in [-0.4, -0.2) is 8.07 Å². The molecule has 0 aromatic heterocycles. The summed E-state index contributed by atoms with van der Waals surface area (Å²) >= 11 is 0. The van der Waals surface area contributed by atoms with Crippen LogP contribution in [0.1, 0.15) is 23.5 Å². The van der Waals surface area contributed by atoms with Gasteiger partial charge in [-0.2, -0.15) is 10.8 Å². The van der Waals surface area contributed by atoms with Gasteiger partial charge in [0.2, 0.25) is 0 Å². The van der Waals surface area contributed by atoms with E-state index in [1.807, 2.05) is 0 Å². The van der Waals surface area contributed by atoms with Gasteiger partial charge in [-0.05, 0) is 19.2 Å². The van der Waals surface area contributed by atoms with Gasteiger partial charge in [0.1, 0.15) is 0 Å². The van der Waals surface area contributed by atoms with Crippen LogP contribution in [0.25, 0.3) is 6.08 Å². The fourth-order valence-electron chi connectivity index (χ4n) is 3.43. The van der Waals surface area contributed by atoms with Crippen LogP contribution in [0.3, 0.4) is 0 Å². The van der Waals surface area contributed by atoms with Gasteiger partial charge in [0.25, 0.3) is 0 Å². The zero-order valence-corrected chi connectivity index (χ0v) is 14.2. The van der Waals surface area contributed by atoms with E-state index in [1.165, 1.54) is 11.1 Å². The molecule has 1 heterocycles. The quantitative estimate of drug-likeness (QED) is 0.540. The van der Waals surface area contributed by atoms with Crippen molar-refractivity contribution in [1.29, 1.82) is 0 Å². The van der Waals surface area contributed by atoms with Gasteiger partial charge in [0.15, 0.2) is 0 Å². The van der Waals surface area contributed by atoms with Gasteiger partial charge >= 0.3 is 0 Å². The first-order valence-corrected chi connectivity index (χ1v) is 9.32. The van der Waals surface area contributed by atoms with Crippen LogP contribution in [0.4, 0.5) is 0 Å². The van der Waals surface area contributed by atoms with Gasteiger partial charge in [-0.25, -0.2) is 5.20 Å². The Balaban J connectivity index is 0.000001000. The molecule has 0 radical (unpaired) electrons. The van der Waals surface area contributed by atoms with Gasteiger partial charge in [0, 0.05) is 32.1 Å². The fraction of sp³-hybridized carbons (Fsp3) is 0.250. The zero-order valence-electron chi connectivity index (χ0n) is 10.7. The van der Waals surface area contributed by atoms with E-state index in [2.05, 4.69) is 55.6 Å². The number of allylic oxidation sites excluding steroid dienone is 5. The van der Waals surface area contributed by atoms with Gasteiger partial charge in [-0.1, -0.05) is 49.5 Å². The first-order chi connectivity index (χ1) is 8.19. The summed E-state index contributed by atoms with van der Waals surface area (Å²) in [7, 11) is -1.11. The van der Waals surface area contributed by atoms with Crippen LogP contribution in [-0.2, 0) is 26.2 Å². The first kappa shape index (κ1) is 12.6. The van der Waals surface area contributed by atoms with Crippen molar-refractivity contribution in [3.63, 3.8) is 0 Å². The van der Waals surface area contributed by atoms with E-state index in [-0.39, 0.29) is 26.2 Å². The minimum Gasteiger partial charge on any atom is -0.274 e. The number of rotatable bonds is 1. The Bertz CT molecular complexity index is 620. The predicted molar refractivity (Wildman–Crippen MR) is 74.1 cm³/mol. The van der Waals surface area contributed by atoms with Gasteiger partial charge in [-0.15, -0.1) is 6.42 Å². The predicted octanol–water partition coefficient (Wildman–Crippen LogP) is 4.02. The molecule has 18 heavy (non-hydrogen) atoms.